The van der Waals surface area contributed by atoms with E-state index in [1.165, 1.54) is 32.5 Å². The minimum absolute atomic E-state index is 0.143. The van der Waals surface area contributed by atoms with Gasteiger partial charge < -0.3 is 23.7 Å². The van der Waals surface area contributed by atoms with Gasteiger partial charge in [0.05, 0.1) is 46.9 Å². The van der Waals surface area contributed by atoms with Gasteiger partial charge in [0.1, 0.15) is 24.5 Å². The monoisotopic (exact) mass is 925 g/mol. The highest BCUT2D eigenvalue weighted by Gasteiger charge is 2.19. The number of rotatable bonds is 29. The molecule has 1 heterocycles. The summed E-state index contributed by atoms with van der Waals surface area (Å²) in [5.41, 5.74) is 2.33. The second-order valence-corrected chi connectivity index (χ2v) is 17.7. The van der Waals surface area contributed by atoms with Crippen LogP contribution in [-0.2, 0) is 19.1 Å². The fraction of sp³-hybridized carbons (Fsp3) is 0.389. The Morgan fingerprint density at radius 3 is 2.34 bits per heavy atom. The number of hydrogen-bond acceptors (Lipinski definition) is 12. The first kappa shape index (κ1) is 50.4. The number of hydrogen-bond donors (Lipinski definition) is 0. The Morgan fingerprint density at radius 2 is 1.58 bits per heavy atom. The van der Waals surface area contributed by atoms with Crippen LogP contribution < -0.4 is 19.2 Å². The lowest BCUT2D eigenvalue weighted by molar-refractivity contribution is -0.137. The number of esters is 3. The Hall–Kier alpha value is -6.05. The lowest BCUT2D eigenvalue weighted by Gasteiger charge is -2.18. The molecule has 11 nitrogen and oxygen atoms in total. The van der Waals surface area contributed by atoms with Gasteiger partial charge in [0.2, 0.25) is 5.13 Å². The lowest BCUT2D eigenvalue weighted by atomic mass is 9.76. The molecule has 6 rings (SSSR count). The van der Waals surface area contributed by atoms with Crippen LogP contribution >= 0.6 is 11.3 Å². The highest BCUT2D eigenvalue weighted by Crippen LogP contribution is 2.32. The van der Waals surface area contributed by atoms with Gasteiger partial charge in [0.25, 0.3) is 0 Å². The van der Waals surface area contributed by atoms with Crippen LogP contribution in [0.3, 0.4) is 0 Å². The smallest absolute Gasteiger partial charge is 0.343 e. The summed E-state index contributed by atoms with van der Waals surface area (Å²) < 4.78 is 30.1. The molecule has 1 aromatic heterocycles. The van der Waals surface area contributed by atoms with Gasteiger partial charge in [0.15, 0.2) is 0 Å². The van der Waals surface area contributed by atoms with Crippen molar-refractivity contribution in [1.29, 1.82) is 0 Å². The highest BCUT2D eigenvalue weighted by molar-refractivity contribution is 7.22. The van der Waals surface area contributed by atoms with Crippen LogP contribution in [0.25, 0.3) is 21.0 Å². The van der Waals surface area contributed by atoms with E-state index in [0.29, 0.717) is 61.0 Å². The summed E-state index contributed by atoms with van der Waals surface area (Å²) >= 11 is 1.58. The van der Waals surface area contributed by atoms with Gasteiger partial charge in [-0.2, -0.15) is 5.10 Å². The standard InChI is InChI=1S/C54H64BN3O8S/c1-4-6-7-15-32-58(54-57-48-19-12-13-20-50(48)67-54)56-39-44-36-43-37-47(65-52(60)40-21-26-45(27-22-40)62-33-16-9-8-14-31-55-3)30-25-42(43)38-49(44)66-53(61)41-23-28-46(29-24-41)63-34-17-10-11-18-35-64-51(59)5-2/h5,12-13,19-28,30,36-39,46,55H,2,4,6-11,14-18,29,31-35H2,1,3H3/b56-39+. The average Bonchev–Trinajstić information content (AvgIpc) is 3.79. The number of aromatic nitrogens is 1. The molecule has 67 heavy (non-hydrogen) atoms. The number of anilines is 1. The molecule has 1 atom stereocenters. The van der Waals surface area contributed by atoms with E-state index in [4.69, 9.17) is 33.8 Å². The van der Waals surface area contributed by atoms with Crippen molar-refractivity contribution in [2.45, 2.75) is 110 Å². The van der Waals surface area contributed by atoms with E-state index in [0.717, 1.165) is 96.1 Å². The van der Waals surface area contributed by atoms with Gasteiger partial charge in [-0.05, 0) is 116 Å². The molecule has 0 saturated heterocycles. The van der Waals surface area contributed by atoms with Crippen molar-refractivity contribution >= 4 is 68.9 Å². The number of thiazole rings is 1. The largest absolute Gasteiger partial charge is 0.494 e. The second kappa shape index (κ2) is 27.6. The molecule has 0 saturated carbocycles. The predicted molar refractivity (Wildman–Crippen MR) is 273 cm³/mol. The molecule has 0 radical (unpaired) electrons. The Kier molecular flexibility index (Phi) is 20.7. The summed E-state index contributed by atoms with van der Waals surface area (Å²) in [7, 11) is 1.23. The predicted octanol–water partition coefficient (Wildman–Crippen LogP) is 12.4. The number of fused-ring (bicyclic) bond motifs is 2. The van der Waals surface area contributed by atoms with E-state index in [1.54, 1.807) is 60.0 Å². The van der Waals surface area contributed by atoms with Gasteiger partial charge in [-0.25, -0.2) is 24.4 Å². The summed E-state index contributed by atoms with van der Waals surface area (Å²) in [6, 6.07) is 24.2. The third-order valence-electron chi connectivity index (χ3n) is 11.4. The summed E-state index contributed by atoms with van der Waals surface area (Å²) in [6.07, 6.45) is 22.5. The Morgan fingerprint density at radius 1 is 0.821 bits per heavy atom. The van der Waals surface area contributed by atoms with E-state index >= 15 is 0 Å². The van der Waals surface area contributed by atoms with E-state index in [2.05, 4.69) is 26.4 Å². The van der Waals surface area contributed by atoms with Gasteiger partial charge in [-0.15, -0.1) is 0 Å². The fourth-order valence-corrected chi connectivity index (χ4v) is 8.45. The average molecular weight is 926 g/mol. The molecule has 0 bridgehead atoms. The number of ether oxygens (including phenoxy) is 5. The SMILES string of the molecule is C=CC(=O)OCCCCCCOC1C=CC(C(=O)Oc2cc3ccc(OC(=O)c4ccc(OCCCCCCBC)cc4)cc3cc2/C=N/N(CCCCCC)c2nc3ccccc3s2)=CC1. The number of carbonyl (C=O) groups excluding carboxylic acids is 3. The third kappa shape index (κ3) is 16.4. The van der Waals surface area contributed by atoms with Gasteiger partial charge >= 0.3 is 17.9 Å². The Bertz CT molecular complexity index is 2450. The van der Waals surface area contributed by atoms with Crippen LogP contribution in [0.1, 0.15) is 106 Å². The zero-order valence-corrected chi connectivity index (χ0v) is 39.9. The number of benzene rings is 4. The quantitative estimate of drug-likeness (QED) is 0.00870. The molecular formula is C54H64BN3O8S. The van der Waals surface area contributed by atoms with Crippen molar-refractivity contribution in [3.05, 3.63) is 126 Å². The van der Waals surface area contributed by atoms with E-state index < -0.39 is 17.9 Å². The highest BCUT2D eigenvalue weighted by atomic mass is 32.1. The van der Waals surface area contributed by atoms with Crippen molar-refractivity contribution in [3.63, 3.8) is 0 Å². The van der Waals surface area contributed by atoms with Crippen molar-refractivity contribution in [3.8, 4) is 17.2 Å². The fourth-order valence-electron chi connectivity index (χ4n) is 7.50. The first-order valence-corrected chi connectivity index (χ1v) is 24.9. The lowest BCUT2D eigenvalue weighted by Crippen LogP contribution is -2.19. The molecule has 0 N–H and O–H groups in total. The molecule has 1 unspecified atom stereocenters. The maximum Gasteiger partial charge on any atom is 0.343 e. The first-order chi connectivity index (χ1) is 32.8. The molecule has 0 fully saturated rings. The molecule has 1 aliphatic carbocycles. The minimum Gasteiger partial charge on any atom is -0.494 e. The van der Waals surface area contributed by atoms with Crippen LogP contribution in [0.2, 0.25) is 13.1 Å². The van der Waals surface area contributed by atoms with Crippen LogP contribution in [0, 0.1) is 0 Å². The molecule has 0 spiro atoms. The third-order valence-corrected chi connectivity index (χ3v) is 12.4. The molecule has 5 aromatic rings. The van der Waals surface area contributed by atoms with Gasteiger partial charge in [-0.1, -0.05) is 113 Å². The zero-order valence-electron chi connectivity index (χ0n) is 39.1. The van der Waals surface area contributed by atoms with Crippen molar-refractivity contribution in [2.24, 2.45) is 5.10 Å². The maximum atomic E-state index is 13.8. The number of para-hydroxylation sites is 1. The first-order valence-electron chi connectivity index (χ1n) is 24.0. The minimum atomic E-state index is -0.493. The molecule has 13 heteroatoms. The van der Waals surface area contributed by atoms with Crippen LogP contribution in [0.4, 0.5) is 5.13 Å². The van der Waals surface area contributed by atoms with Crippen molar-refractivity contribution < 1.29 is 38.1 Å². The van der Waals surface area contributed by atoms with E-state index in [9.17, 15) is 14.4 Å². The van der Waals surface area contributed by atoms with E-state index in [-0.39, 0.29) is 6.10 Å². The maximum absolute atomic E-state index is 13.8. The number of carbonyl (C=O) groups is 3. The summed E-state index contributed by atoms with van der Waals surface area (Å²) in [5, 5.41) is 9.24. The molecule has 0 aliphatic heterocycles. The summed E-state index contributed by atoms with van der Waals surface area (Å²) in [5.74, 6) is 0.0661. The van der Waals surface area contributed by atoms with Crippen molar-refractivity contribution in [1.82, 2.24) is 4.98 Å². The van der Waals surface area contributed by atoms with Crippen LogP contribution in [0.15, 0.2) is 120 Å². The number of unbranched alkanes of at least 4 members (excludes halogenated alkanes) is 9. The summed E-state index contributed by atoms with van der Waals surface area (Å²) in [4.78, 5) is 43.2. The molecular weight excluding hydrogens is 861 g/mol. The van der Waals surface area contributed by atoms with Crippen LogP contribution in [-0.4, -0.2) is 68.9 Å². The van der Waals surface area contributed by atoms with Crippen LogP contribution in [0.5, 0.6) is 17.2 Å². The number of hydrazone groups is 1. The number of nitrogens with zero attached hydrogens (tertiary/aromatic N) is 3. The normalized spacial score (nSPS) is 13.4. The van der Waals surface area contributed by atoms with Gasteiger partial charge in [-0.3, -0.25) is 0 Å². The zero-order chi connectivity index (χ0) is 47.1. The van der Waals surface area contributed by atoms with E-state index in [1.807, 2.05) is 53.6 Å². The molecule has 352 valence electrons. The van der Waals surface area contributed by atoms with Gasteiger partial charge in [0, 0.05) is 24.8 Å². The van der Waals surface area contributed by atoms with Crippen molar-refractivity contribution in [2.75, 3.05) is 31.4 Å². The Labute approximate surface area is 400 Å². The molecule has 0 amide bonds. The summed E-state index contributed by atoms with van der Waals surface area (Å²) in [6.45, 7) is 10.1. The second-order valence-electron chi connectivity index (χ2n) is 16.7. The molecule has 4 aromatic carbocycles. The topological polar surface area (TPSA) is 126 Å². The molecule has 1 aliphatic rings. The Balaban J connectivity index is 1.15.